The average molecular weight is 545 g/mol. The number of pyridine rings is 1. The van der Waals surface area contributed by atoms with Crippen molar-refractivity contribution < 1.29 is 23.8 Å². The van der Waals surface area contributed by atoms with E-state index in [0.29, 0.717) is 48.6 Å². The molecule has 0 radical (unpaired) electrons. The summed E-state index contributed by atoms with van der Waals surface area (Å²) >= 11 is 0. The molecule has 13 heteroatoms. The number of hydrogen-bond donors (Lipinski definition) is 2. The number of hydrogen-bond acceptors (Lipinski definition) is 9. The van der Waals surface area contributed by atoms with E-state index in [1.54, 1.807) is 41.6 Å². The molecule has 2 amide bonds. The number of carbonyl (C=O) groups is 2. The Labute approximate surface area is 228 Å². The molecule has 0 spiro atoms. The maximum atomic E-state index is 15.2. The van der Waals surface area contributed by atoms with E-state index in [2.05, 4.69) is 26.7 Å². The van der Waals surface area contributed by atoms with E-state index in [-0.39, 0.29) is 30.3 Å². The van der Waals surface area contributed by atoms with Crippen molar-refractivity contribution in [2.24, 2.45) is 11.8 Å². The fourth-order valence-corrected chi connectivity index (χ4v) is 6.41. The predicted molar refractivity (Wildman–Crippen MR) is 136 cm³/mol. The number of nitriles is 1. The lowest BCUT2D eigenvalue weighted by atomic mass is 9.95. The Morgan fingerprint density at radius 1 is 1.23 bits per heavy atom. The standard InChI is InChI=1S/C27H25FN8O4/c28-21-7-16(35-13-24(40-26(35)39)36-6-5-32-33-36)2-3-18(21)15-1-4-23(31-9-15)27(14-29)19-11-34(12-20(19)27)25(38)22-8-17(37)10-30-22/h1-7,9,17,19-20,22,24,30,37H,8,10-13H2/t17-,19-,20+,22+,24?,27?/m1/s1. The van der Waals surface area contributed by atoms with E-state index in [4.69, 9.17) is 4.74 Å². The summed E-state index contributed by atoms with van der Waals surface area (Å²) in [5, 5.41) is 30.4. The van der Waals surface area contributed by atoms with Crippen molar-refractivity contribution >= 4 is 17.7 Å². The Morgan fingerprint density at radius 3 is 2.67 bits per heavy atom. The summed E-state index contributed by atoms with van der Waals surface area (Å²) in [5.41, 5.74) is 1.06. The molecule has 204 valence electrons. The average Bonchev–Trinajstić information content (AvgIpc) is 3.62. The first-order chi connectivity index (χ1) is 19.4. The van der Waals surface area contributed by atoms with Crippen LogP contribution in [-0.4, -0.2) is 80.3 Å². The van der Waals surface area contributed by atoms with Crippen molar-refractivity contribution in [2.75, 3.05) is 31.1 Å². The second-order valence-electron chi connectivity index (χ2n) is 10.7. The minimum Gasteiger partial charge on any atom is -0.421 e. The number of aliphatic hydroxyl groups excluding tert-OH is 1. The van der Waals surface area contributed by atoms with Crippen LogP contribution in [-0.2, 0) is 14.9 Å². The molecule has 2 N–H and O–H groups in total. The van der Waals surface area contributed by atoms with Gasteiger partial charge in [-0.25, -0.2) is 13.9 Å². The van der Waals surface area contributed by atoms with E-state index in [9.17, 15) is 20.0 Å². The van der Waals surface area contributed by atoms with Gasteiger partial charge in [-0.2, -0.15) is 5.26 Å². The zero-order valence-electron chi connectivity index (χ0n) is 21.2. The van der Waals surface area contributed by atoms with Crippen molar-refractivity contribution in [2.45, 2.75) is 30.2 Å². The van der Waals surface area contributed by atoms with E-state index in [1.165, 1.54) is 21.8 Å². The normalized spacial score (nSPS) is 30.7. The number of rotatable bonds is 5. The number of piperidine rings is 1. The second kappa shape index (κ2) is 9.07. The van der Waals surface area contributed by atoms with E-state index in [1.807, 2.05) is 0 Å². The zero-order chi connectivity index (χ0) is 27.6. The fourth-order valence-electron chi connectivity index (χ4n) is 6.41. The highest BCUT2D eigenvalue weighted by Crippen LogP contribution is 2.62. The Morgan fingerprint density at radius 2 is 2.05 bits per heavy atom. The lowest BCUT2D eigenvalue weighted by Crippen LogP contribution is -2.44. The van der Waals surface area contributed by atoms with Crippen LogP contribution in [0.1, 0.15) is 18.3 Å². The molecule has 40 heavy (non-hydrogen) atoms. The number of amides is 2. The van der Waals surface area contributed by atoms with Crippen LogP contribution in [0, 0.1) is 29.0 Å². The van der Waals surface area contributed by atoms with Gasteiger partial charge in [0.15, 0.2) is 0 Å². The molecule has 3 aromatic rings. The number of aliphatic hydroxyl groups is 1. The van der Waals surface area contributed by atoms with Gasteiger partial charge in [-0.15, -0.1) is 5.10 Å². The Kier molecular flexibility index (Phi) is 5.58. The summed E-state index contributed by atoms with van der Waals surface area (Å²) in [6, 6.07) is 10.1. The first-order valence-electron chi connectivity index (χ1n) is 13.1. The number of aromatic nitrogens is 4. The van der Waals surface area contributed by atoms with E-state index >= 15 is 4.39 Å². The minimum atomic E-state index is -0.767. The molecule has 1 aromatic carbocycles. The molecule has 0 bridgehead atoms. The predicted octanol–water partition coefficient (Wildman–Crippen LogP) is 1.21. The molecule has 4 fully saturated rings. The van der Waals surface area contributed by atoms with Crippen LogP contribution in [0.2, 0.25) is 0 Å². The van der Waals surface area contributed by atoms with Gasteiger partial charge in [0.25, 0.3) is 0 Å². The quantitative estimate of drug-likeness (QED) is 0.483. The number of likely N-dealkylation sites (tertiary alicyclic amines) is 1. The molecular formula is C27H25FN8O4. The van der Waals surface area contributed by atoms with Crippen LogP contribution in [0.4, 0.5) is 14.9 Å². The van der Waals surface area contributed by atoms with E-state index in [0.717, 1.165) is 0 Å². The molecule has 1 saturated carbocycles. The molecule has 3 saturated heterocycles. The molecular weight excluding hydrogens is 519 g/mol. The summed E-state index contributed by atoms with van der Waals surface area (Å²) in [6.45, 7) is 1.52. The van der Waals surface area contributed by atoms with Crippen LogP contribution in [0.3, 0.4) is 0 Å². The number of nitrogens with one attached hydrogen (secondary N) is 1. The number of halogens is 1. The van der Waals surface area contributed by atoms with Crippen molar-refractivity contribution in [1.29, 1.82) is 5.26 Å². The molecule has 2 aromatic heterocycles. The second-order valence-corrected chi connectivity index (χ2v) is 10.7. The van der Waals surface area contributed by atoms with Gasteiger partial charge in [0.2, 0.25) is 12.1 Å². The summed E-state index contributed by atoms with van der Waals surface area (Å²) in [5.74, 6) is -0.580. The maximum absolute atomic E-state index is 15.2. The van der Waals surface area contributed by atoms with Gasteiger partial charge in [0, 0.05) is 55.0 Å². The molecule has 7 rings (SSSR count). The number of ether oxygens (including phenoxy) is 1. The number of nitrogens with zero attached hydrogens (tertiary/aromatic N) is 7. The molecule has 6 atom stereocenters. The summed E-state index contributed by atoms with van der Waals surface area (Å²) in [6.07, 6.45) is 3.26. The largest absolute Gasteiger partial charge is 0.421 e. The maximum Gasteiger partial charge on any atom is 0.416 e. The van der Waals surface area contributed by atoms with E-state index < -0.39 is 29.7 Å². The van der Waals surface area contributed by atoms with Crippen molar-refractivity contribution in [3.63, 3.8) is 0 Å². The minimum absolute atomic E-state index is 0.0105. The molecule has 12 nitrogen and oxygen atoms in total. The van der Waals surface area contributed by atoms with Crippen molar-refractivity contribution in [3.05, 3.63) is 60.4 Å². The van der Waals surface area contributed by atoms with Crippen LogP contribution in [0.15, 0.2) is 48.9 Å². The van der Waals surface area contributed by atoms with Crippen LogP contribution < -0.4 is 10.2 Å². The Bertz CT molecular complexity index is 1510. The van der Waals surface area contributed by atoms with Crippen LogP contribution >= 0.6 is 0 Å². The molecule has 1 aliphatic carbocycles. The van der Waals surface area contributed by atoms with Gasteiger partial charge in [-0.1, -0.05) is 11.3 Å². The summed E-state index contributed by atoms with van der Waals surface area (Å²) in [7, 11) is 0. The third-order valence-corrected chi connectivity index (χ3v) is 8.58. The first kappa shape index (κ1) is 24.6. The molecule has 5 heterocycles. The van der Waals surface area contributed by atoms with Crippen molar-refractivity contribution in [1.82, 2.24) is 30.2 Å². The Balaban J connectivity index is 1.04. The smallest absolute Gasteiger partial charge is 0.416 e. The molecule has 3 aliphatic heterocycles. The van der Waals surface area contributed by atoms with Gasteiger partial charge in [-0.05, 0) is 30.7 Å². The van der Waals surface area contributed by atoms with Gasteiger partial charge in [0.05, 0.1) is 42.3 Å². The molecule has 2 unspecified atom stereocenters. The van der Waals surface area contributed by atoms with Crippen LogP contribution in [0.25, 0.3) is 11.1 Å². The number of fused-ring (bicyclic) bond motifs is 1. The number of carbonyl (C=O) groups excluding carboxylic acids is 2. The third kappa shape index (κ3) is 3.75. The summed E-state index contributed by atoms with van der Waals surface area (Å²) < 4.78 is 22.0. The highest BCUT2D eigenvalue weighted by atomic mass is 19.1. The Hall–Kier alpha value is -4.41. The van der Waals surface area contributed by atoms with Crippen molar-refractivity contribution in [3.8, 4) is 17.2 Å². The topological polar surface area (TPSA) is 149 Å². The van der Waals surface area contributed by atoms with Gasteiger partial charge < -0.3 is 20.1 Å². The number of benzene rings is 1. The lowest BCUT2D eigenvalue weighted by molar-refractivity contribution is -0.132. The monoisotopic (exact) mass is 544 g/mol. The number of β-amino-alcohol motifs (C(OH)–C–C–N with tert-alkyl or cyclic N) is 1. The highest BCUT2D eigenvalue weighted by Gasteiger charge is 2.71. The fraction of sp³-hybridized carbons (Fsp3) is 0.407. The summed E-state index contributed by atoms with van der Waals surface area (Å²) in [4.78, 5) is 32.9. The number of anilines is 1. The third-order valence-electron chi connectivity index (χ3n) is 8.58. The van der Waals surface area contributed by atoms with Crippen LogP contribution in [0.5, 0.6) is 0 Å². The SMILES string of the molecule is N#CC1(c2ccc(-c3ccc(N4CC(n5ccnn5)OC4=O)cc3F)cn2)[C@@H]2CN(C(=O)[C@@H]3C[C@@H](O)CN3)C[C@@H]21. The van der Waals surface area contributed by atoms with Gasteiger partial charge in [0.1, 0.15) is 11.2 Å². The molecule has 4 aliphatic rings. The number of cyclic esters (lactones) is 1. The zero-order valence-corrected chi connectivity index (χ0v) is 21.2. The van der Waals surface area contributed by atoms with Gasteiger partial charge in [-0.3, -0.25) is 14.7 Å². The first-order valence-corrected chi connectivity index (χ1v) is 13.1. The highest BCUT2D eigenvalue weighted by molar-refractivity contribution is 5.90. The van der Waals surface area contributed by atoms with Gasteiger partial charge >= 0.3 is 6.09 Å². The lowest BCUT2D eigenvalue weighted by Gasteiger charge is -2.25.